The van der Waals surface area contributed by atoms with Crippen LogP contribution in [-0.2, 0) is 11.2 Å². The Labute approximate surface area is 141 Å². The summed E-state index contributed by atoms with van der Waals surface area (Å²) in [6.07, 6.45) is 2.77. The molecule has 1 aromatic carbocycles. The predicted molar refractivity (Wildman–Crippen MR) is 90.7 cm³/mol. The summed E-state index contributed by atoms with van der Waals surface area (Å²) in [6.45, 7) is 4.34. The van der Waals surface area contributed by atoms with Crippen LogP contribution in [-0.4, -0.2) is 47.8 Å². The maximum atomic E-state index is 12.4. The van der Waals surface area contributed by atoms with Gasteiger partial charge >= 0.3 is 0 Å². The third kappa shape index (κ3) is 3.67. The molecule has 0 atom stereocenters. The van der Waals surface area contributed by atoms with E-state index in [1.165, 1.54) is 17.4 Å². The molecule has 3 rings (SSSR count). The molecule has 126 valence electrons. The van der Waals surface area contributed by atoms with Crippen LogP contribution in [0.3, 0.4) is 0 Å². The van der Waals surface area contributed by atoms with Crippen LogP contribution in [0.4, 0.5) is 0 Å². The molecule has 0 radical (unpaired) electrons. The molecule has 5 heteroatoms. The fourth-order valence-corrected chi connectivity index (χ4v) is 3.01. The van der Waals surface area contributed by atoms with Gasteiger partial charge in [0.25, 0.3) is 5.91 Å². The van der Waals surface area contributed by atoms with Crippen LogP contribution in [0, 0.1) is 6.92 Å². The fourth-order valence-electron chi connectivity index (χ4n) is 3.01. The summed E-state index contributed by atoms with van der Waals surface area (Å²) in [6, 6.07) is 11.5. The van der Waals surface area contributed by atoms with E-state index in [0.29, 0.717) is 38.4 Å². The molecule has 0 saturated carbocycles. The van der Waals surface area contributed by atoms with Gasteiger partial charge < -0.3 is 14.2 Å². The van der Waals surface area contributed by atoms with Crippen molar-refractivity contribution in [3.05, 3.63) is 59.5 Å². The number of aryl methyl sites for hydroxylation is 2. The van der Waals surface area contributed by atoms with Crippen molar-refractivity contribution in [1.82, 2.24) is 9.80 Å². The SMILES string of the molecule is Cc1ccccc1CCC(=O)N1CCN(C(=O)c2ccco2)CC1. The lowest BCUT2D eigenvalue weighted by atomic mass is 10.0. The third-order valence-electron chi connectivity index (χ3n) is 4.52. The summed E-state index contributed by atoms with van der Waals surface area (Å²) in [5.74, 6) is 0.407. The number of carbonyl (C=O) groups excluding carboxylic acids is 2. The molecule has 2 aromatic rings. The number of nitrogens with zero attached hydrogens (tertiary/aromatic N) is 2. The number of hydrogen-bond acceptors (Lipinski definition) is 3. The van der Waals surface area contributed by atoms with Gasteiger partial charge in [-0.15, -0.1) is 0 Å². The quantitative estimate of drug-likeness (QED) is 0.867. The van der Waals surface area contributed by atoms with Gasteiger partial charge in [-0.05, 0) is 36.6 Å². The van der Waals surface area contributed by atoms with Crippen molar-refractivity contribution in [1.29, 1.82) is 0 Å². The van der Waals surface area contributed by atoms with Crippen molar-refractivity contribution in [2.24, 2.45) is 0 Å². The second kappa shape index (κ2) is 7.34. The van der Waals surface area contributed by atoms with Gasteiger partial charge in [-0.25, -0.2) is 0 Å². The zero-order valence-corrected chi connectivity index (χ0v) is 13.9. The summed E-state index contributed by atoms with van der Waals surface area (Å²) >= 11 is 0. The van der Waals surface area contributed by atoms with Crippen LogP contribution in [0.5, 0.6) is 0 Å². The first kappa shape index (κ1) is 16.3. The zero-order chi connectivity index (χ0) is 16.9. The lowest BCUT2D eigenvalue weighted by Gasteiger charge is -2.34. The molecule has 1 aromatic heterocycles. The molecule has 24 heavy (non-hydrogen) atoms. The Hall–Kier alpha value is -2.56. The zero-order valence-electron chi connectivity index (χ0n) is 13.9. The van der Waals surface area contributed by atoms with Gasteiger partial charge in [0, 0.05) is 32.6 Å². The average molecular weight is 326 g/mol. The molecule has 0 bridgehead atoms. The Bertz CT molecular complexity index is 701. The molecule has 1 aliphatic rings. The van der Waals surface area contributed by atoms with Crippen molar-refractivity contribution in [3.8, 4) is 0 Å². The van der Waals surface area contributed by atoms with E-state index in [1.807, 2.05) is 17.0 Å². The molecule has 0 unspecified atom stereocenters. The number of furan rings is 1. The minimum Gasteiger partial charge on any atom is -0.459 e. The lowest BCUT2D eigenvalue weighted by molar-refractivity contribution is -0.132. The second-order valence-corrected chi connectivity index (χ2v) is 6.08. The molecular formula is C19H22N2O3. The standard InChI is InChI=1S/C19H22N2O3/c1-15-5-2-3-6-16(15)8-9-18(22)20-10-12-21(13-11-20)19(23)17-7-4-14-24-17/h2-7,14H,8-13H2,1H3. The van der Waals surface area contributed by atoms with Gasteiger partial charge in [-0.1, -0.05) is 24.3 Å². The highest BCUT2D eigenvalue weighted by Gasteiger charge is 2.25. The van der Waals surface area contributed by atoms with Crippen LogP contribution in [0.2, 0.25) is 0 Å². The predicted octanol–water partition coefficient (Wildman–Crippen LogP) is 2.51. The van der Waals surface area contributed by atoms with Gasteiger partial charge in [-0.3, -0.25) is 9.59 Å². The van der Waals surface area contributed by atoms with Crippen LogP contribution < -0.4 is 0 Å². The topological polar surface area (TPSA) is 53.8 Å². The van der Waals surface area contributed by atoms with Gasteiger partial charge in [0.15, 0.2) is 5.76 Å². The van der Waals surface area contributed by atoms with E-state index in [4.69, 9.17) is 4.42 Å². The summed E-state index contributed by atoms with van der Waals surface area (Å²) in [5.41, 5.74) is 2.44. The first-order valence-electron chi connectivity index (χ1n) is 8.30. The van der Waals surface area contributed by atoms with Crippen molar-refractivity contribution in [2.45, 2.75) is 19.8 Å². The highest BCUT2D eigenvalue weighted by molar-refractivity contribution is 5.91. The molecule has 1 saturated heterocycles. The van der Waals surface area contributed by atoms with Gasteiger partial charge in [0.1, 0.15) is 0 Å². The van der Waals surface area contributed by atoms with Crippen LogP contribution in [0.1, 0.15) is 28.1 Å². The first-order chi connectivity index (χ1) is 11.6. The Morgan fingerprint density at radius 3 is 2.38 bits per heavy atom. The monoisotopic (exact) mass is 326 g/mol. The number of amides is 2. The summed E-state index contributed by atoms with van der Waals surface area (Å²) in [7, 11) is 0. The van der Waals surface area contributed by atoms with E-state index in [-0.39, 0.29) is 11.8 Å². The van der Waals surface area contributed by atoms with E-state index >= 15 is 0 Å². The number of rotatable bonds is 4. The highest BCUT2D eigenvalue weighted by Crippen LogP contribution is 2.13. The molecule has 5 nitrogen and oxygen atoms in total. The van der Waals surface area contributed by atoms with Crippen LogP contribution >= 0.6 is 0 Å². The van der Waals surface area contributed by atoms with E-state index in [9.17, 15) is 9.59 Å². The molecule has 0 spiro atoms. The molecule has 0 aliphatic carbocycles. The minimum absolute atomic E-state index is 0.105. The normalized spacial score (nSPS) is 14.7. The number of benzene rings is 1. The summed E-state index contributed by atoms with van der Waals surface area (Å²) < 4.78 is 5.15. The van der Waals surface area contributed by atoms with Crippen molar-refractivity contribution >= 4 is 11.8 Å². The second-order valence-electron chi connectivity index (χ2n) is 6.08. The maximum absolute atomic E-state index is 12.4. The number of hydrogen-bond donors (Lipinski definition) is 0. The third-order valence-corrected chi connectivity index (χ3v) is 4.52. The van der Waals surface area contributed by atoms with Crippen LogP contribution in [0.25, 0.3) is 0 Å². The molecule has 2 heterocycles. The van der Waals surface area contributed by atoms with Crippen molar-refractivity contribution in [2.75, 3.05) is 26.2 Å². The number of piperazine rings is 1. The van der Waals surface area contributed by atoms with Gasteiger partial charge in [-0.2, -0.15) is 0 Å². The summed E-state index contributed by atoms with van der Waals surface area (Å²) in [5, 5.41) is 0. The first-order valence-corrected chi connectivity index (χ1v) is 8.30. The van der Waals surface area contributed by atoms with Gasteiger partial charge in [0.2, 0.25) is 5.91 Å². The van der Waals surface area contributed by atoms with E-state index in [1.54, 1.807) is 17.0 Å². The molecular weight excluding hydrogens is 304 g/mol. The lowest BCUT2D eigenvalue weighted by Crippen LogP contribution is -2.50. The number of carbonyl (C=O) groups is 2. The fraction of sp³-hybridized carbons (Fsp3) is 0.368. The molecule has 1 aliphatic heterocycles. The Kier molecular flexibility index (Phi) is 4.99. The summed E-state index contributed by atoms with van der Waals surface area (Å²) in [4.78, 5) is 28.2. The maximum Gasteiger partial charge on any atom is 0.289 e. The average Bonchev–Trinajstić information content (AvgIpc) is 3.15. The Morgan fingerprint density at radius 2 is 1.71 bits per heavy atom. The van der Waals surface area contributed by atoms with Gasteiger partial charge in [0.05, 0.1) is 6.26 Å². The molecule has 1 fully saturated rings. The van der Waals surface area contributed by atoms with Crippen molar-refractivity contribution in [3.63, 3.8) is 0 Å². The van der Waals surface area contributed by atoms with E-state index in [2.05, 4.69) is 19.1 Å². The van der Waals surface area contributed by atoms with Crippen LogP contribution in [0.15, 0.2) is 47.1 Å². The van der Waals surface area contributed by atoms with Crippen molar-refractivity contribution < 1.29 is 14.0 Å². The Morgan fingerprint density at radius 1 is 1.00 bits per heavy atom. The smallest absolute Gasteiger partial charge is 0.289 e. The molecule has 0 N–H and O–H groups in total. The minimum atomic E-state index is -0.105. The molecule has 2 amide bonds. The van der Waals surface area contributed by atoms with E-state index < -0.39 is 0 Å². The van der Waals surface area contributed by atoms with E-state index in [0.717, 1.165) is 6.42 Å². The largest absolute Gasteiger partial charge is 0.459 e. The highest BCUT2D eigenvalue weighted by atomic mass is 16.3. The Balaban J connectivity index is 1.48.